The van der Waals surface area contributed by atoms with E-state index in [9.17, 15) is 14.4 Å². The van der Waals surface area contributed by atoms with E-state index in [0.717, 1.165) is 37.4 Å². The smallest absolute Gasteiger partial charge is 0.305 e. The van der Waals surface area contributed by atoms with Crippen molar-refractivity contribution in [3.63, 3.8) is 0 Å². The molecule has 3 unspecified atom stereocenters. The topological polar surface area (TPSA) is 79.5 Å². The van der Waals surface area contributed by atoms with Gasteiger partial charge in [0.1, 0.15) is 17.6 Å². The number of H-pyrrole nitrogens is 1. The van der Waals surface area contributed by atoms with Crippen LogP contribution in [0.25, 0.3) is 0 Å². The Labute approximate surface area is 236 Å². The average Bonchev–Trinajstić information content (AvgIpc) is 3.39. The van der Waals surface area contributed by atoms with Crippen molar-refractivity contribution in [1.29, 1.82) is 0 Å². The number of benzene rings is 3. The van der Waals surface area contributed by atoms with Gasteiger partial charge in [-0.2, -0.15) is 0 Å². The van der Waals surface area contributed by atoms with Gasteiger partial charge in [-0.15, -0.1) is 0 Å². The number of anilines is 1. The lowest BCUT2D eigenvalue weighted by atomic mass is 9.82. The quantitative estimate of drug-likeness (QED) is 0.274. The highest BCUT2D eigenvalue weighted by Crippen LogP contribution is 2.54. The number of thiazole rings is 1. The number of aromatic amines is 1. The summed E-state index contributed by atoms with van der Waals surface area (Å²) < 4.78 is 7.13. The molecule has 0 radical (unpaired) electrons. The zero-order valence-electron chi connectivity index (χ0n) is 20.6. The Morgan fingerprint density at radius 2 is 1.61 bits per heavy atom. The van der Waals surface area contributed by atoms with Crippen molar-refractivity contribution in [2.24, 2.45) is 5.92 Å². The molecule has 2 amide bonds. The van der Waals surface area contributed by atoms with Gasteiger partial charge >= 0.3 is 4.87 Å². The zero-order chi connectivity index (χ0) is 26.6. The van der Waals surface area contributed by atoms with Crippen molar-refractivity contribution in [1.82, 2.24) is 4.98 Å². The van der Waals surface area contributed by atoms with E-state index >= 15 is 0 Å². The molecule has 1 N–H and O–H groups in total. The van der Waals surface area contributed by atoms with Gasteiger partial charge in [0.2, 0.25) is 11.8 Å². The van der Waals surface area contributed by atoms with Crippen molar-refractivity contribution in [3.05, 3.63) is 108 Å². The lowest BCUT2D eigenvalue weighted by molar-refractivity contribution is -0.122. The van der Waals surface area contributed by atoms with Crippen LogP contribution in [0.3, 0.4) is 0 Å². The number of nitrogens with one attached hydrogen (secondary N) is 1. The summed E-state index contributed by atoms with van der Waals surface area (Å²) in [6.07, 6.45) is 0. The van der Waals surface area contributed by atoms with E-state index < -0.39 is 17.1 Å². The van der Waals surface area contributed by atoms with Crippen LogP contribution >= 0.6 is 39.0 Å². The van der Waals surface area contributed by atoms with Crippen LogP contribution in [0, 0.1) is 19.8 Å². The maximum Gasteiger partial charge on any atom is 0.305 e. The summed E-state index contributed by atoms with van der Waals surface area (Å²) >= 11 is 5.94. The summed E-state index contributed by atoms with van der Waals surface area (Å²) in [6, 6.07) is 21.2. The molecule has 0 spiro atoms. The van der Waals surface area contributed by atoms with Gasteiger partial charge in [0.15, 0.2) is 0 Å². The number of rotatable bonds is 5. The number of amides is 2. The molecule has 38 heavy (non-hydrogen) atoms. The van der Waals surface area contributed by atoms with Crippen molar-refractivity contribution in [2.75, 3.05) is 4.90 Å². The highest BCUT2D eigenvalue weighted by Gasteiger charge is 2.56. The molecular formula is C29H23BrN2O4S2. The number of hydrogen-bond donors (Lipinski definition) is 1. The molecule has 3 atom stereocenters. The lowest BCUT2D eigenvalue weighted by Gasteiger charge is -2.31. The second kappa shape index (κ2) is 9.87. The highest BCUT2D eigenvalue weighted by atomic mass is 79.9. The summed E-state index contributed by atoms with van der Waals surface area (Å²) in [5, 5.41) is -0.0156. The van der Waals surface area contributed by atoms with Gasteiger partial charge in [-0.1, -0.05) is 86.6 Å². The van der Waals surface area contributed by atoms with Crippen molar-refractivity contribution < 1.29 is 14.3 Å². The predicted molar refractivity (Wildman–Crippen MR) is 153 cm³/mol. The molecular weight excluding hydrogens is 584 g/mol. The van der Waals surface area contributed by atoms with Crippen molar-refractivity contribution in [2.45, 2.75) is 36.6 Å². The first-order valence-corrected chi connectivity index (χ1v) is 14.6. The minimum Gasteiger partial charge on any atom is -0.489 e. The summed E-state index contributed by atoms with van der Waals surface area (Å²) in [5.74, 6) is -1.11. The molecule has 6 rings (SSSR count). The summed E-state index contributed by atoms with van der Waals surface area (Å²) in [6.45, 7) is 4.35. The number of fused-ring (bicyclic) bond motifs is 2. The monoisotopic (exact) mass is 606 g/mol. The van der Waals surface area contributed by atoms with Crippen LogP contribution in [0.2, 0.25) is 0 Å². The molecule has 1 saturated heterocycles. The first-order valence-electron chi connectivity index (χ1n) is 12.1. The molecule has 1 aromatic heterocycles. The molecule has 6 nitrogen and oxygen atoms in total. The van der Waals surface area contributed by atoms with Gasteiger partial charge in [-0.3, -0.25) is 14.4 Å². The molecule has 2 aliphatic rings. The SMILES string of the molecule is Cc1ccc(COc2ccc(Br)cc2C2c3sc(=O)[nH]c3SC3C(=O)N(c4ccc(C)cc4)C(=O)C32)cc1. The van der Waals surface area contributed by atoms with Gasteiger partial charge in [0, 0.05) is 20.8 Å². The Kier molecular flexibility index (Phi) is 6.53. The third-order valence-electron chi connectivity index (χ3n) is 6.94. The molecule has 9 heteroatoms. The van der Waals surface area contributed by atoms with Crippen LogP contribution in [0.1, 0.15) is 33.0 Å². The van der Waals surface area contributed by atoms with E-state index in [1.54, 1.807) is 12.1 Å². The van der Waals surface area contributed by atoms with Gasteiger partial charge in [0.25, 0.3) is 0 Å². The molecule has 2 aliphatic heterocycles. The summed E-state index contributed by atoms with van der Waals surface area (Å²) in [7, 11) is 0. The average molecular weight is 608 g/mol. The number of carbonyl (C=O) groups is 2. The van der Waals surface area contributed by atoms with Crippen LogP contribution in [0.5, 0.6) is 5.75 Å². The second-order valence-corrected chi connectivity index (χ2v) is 12.6. The third kappa shape index (κ3) is 4.42. The predicted octanol–water partition coefficient (Wildman–Crippen LogP) is 6.19. The van der Waals surface area contributed by atoms with Gasteiger partial charge in [0.05, 0.1) is 16.6 Å². The number of thioether (sulfide) groups is 1. The fraction of sp³-hybridized carbons (Fsp3) is 0.207. The molecule has 192 valence electrons. The number of hydrogen-bond acceptors (Lipinski definition) is 6. The Bertz CT molecular complexity index is 1610. The van der Waals surface area contributed by atoms with Crippen LogP contribution < -0.4 is 14.5 Å². The number of nitrogens with zero attached hydrogens (tertiary/aromatic N) is 1. The molecule has 4 aromatic rings. The van der Waals surface area contributed by atoms with E-state index in [4.69, 9.17) is 4.74 Å². The maximum absolute atomic E-state index is 14.0. The van der Waals surface area contributed by atoms with Gasteiger partial charge < -0.3 is 9.72 Å². The number of ether oxygens (including phenoxy) is 1. The fourth-order valence-electron chi connectivity index (χ4n) is 5.04. The molecule has 3 aromatic carbocycles. The van der Waals surface area contributed by atoms with Crippen LogP contribution in [0.15, 0.2) is 81.0 Å². The largest absolute Gasteiger partial charge is 0.489 e. The number of aryl methyl sites for hydroxylation is 2. The first-order chi connectivity index (χ1) is 18.3. The minimum atomic E-state index is -0.677. The number of carbonyl (C=O) groups excluding carboxylic acids is 2. The Balaban J connectivity index is 1.44. The molecule has 3 heterocycles. The Hall–Kier alpha value is -3.14. The first kappa shape index (κ1) is 25.2. The Morgan fingerprint density at radius 1 is 0.921 bits per heavy atom. The molecule has 0 saturated carbocycles. The fourth-order valence-corrected chi connectivity index (χ4v) is 7.92. The van der Waals surface area contributed by atoms with Crippen molar-refractivity contribution >= 4 is 56.5 Å². The Morgan fingerprint density at radius 3 is 2.32 bits per heavy atom. The van der Waals surface area contributed by atoms with E-state index in [-0.39, 0.29) is 16.7 Å². The zero-order valence-corrected chi connectivity index (χ0v) is 23.8. The lowest BCUT2D eigenvalue weighted by Crippen LogP contribution is -2.32. The summed E-state index contributed by atoms with van der Waals surface area (Å²) in [5.41, 5.74) is 4.56. The number of imide groups is 1. The van der Waals surface area contributed by atoms with E-state index in [2.05, 4.69) is 20.9 Å². The van der Waals surface area contributed by atoms with E-state index in [0.29, 0.717) is 23.1 Å². The van der Waals surface area contributed by atoms with Gasteiger partial charge in [-0.25, -0.2) is 4.90 Å². The summed E-state index contributed by atoms with van der Waals surface area (Å²) in [4.78, 5) is 44.9. The standard InChI is InChI=1S/C29H23BrN2O4S2/c1-15-3-7-17(8-4-15)14-36-21-12-9-18(30)13-20(21)22-23-25(37-26-24(22)38-29(35)31-26)28(34)32(27(23)33)19-10-5-16(2)6-11-19/h3-13,22-23,25H,14H2,1-2H3,(H,31,35). The highest BCUT2D eigenvalue weighted by molar-refractivity contribution is 9.10. The number of aromatic nitrogens is 1. The van der Waals surface area contributed by atoms with E-state index in [1.165, 1.54) is 22.2 Å². The number of halogens is 1. The molecule has 1 fully saturated rings. The normalized spacial score (nSPS) is 20.4. The molecule has 0 aliphatic carbocycles. The van der Waals surface area contributed by atoms with E-state index in [1.807, 2.05) is 68.4 Å². The van der Waals surface area contributed by atoms with Crippen molar-refractivity contribution in [3.8, 4) is 5.75 Å². The van der Waals surface area contributed by atoms with Crippen LogP contribution in [-0.2, 0) is 16.2 Å². The maximum atomic E-state index is 14.0. The second-order valence-electron chi connectivity index (χ2n) is 9.55. The van der Waals surface area contributed by atoms with Crippen LogP contribution in [-0.4, -0.2) is 22.0 Å². The van der Waals surface area contributed by atoms with Crippen LogP contribution in [0.4, 0.5) is 5.69 Å². The minimum absolute atomic E-state index is 0.208. The molecule has 0 bridgehead atoms. The van der Waals surface area contributed by atoms with Gasteiger partial charge in [-0.05, 0) is 49.7 Å². The third-order valence-corrected chi connectivity index (χ3v) is 9.83.